The van der Waals surface area contributed by atoms with E-state index in [4.69, 9.17) is 11.6 Å². The Morgan fingerprint density at radius 3 is 3.00 bits per heavy atom. The van der Waals surface area contributed by atoms with Crippen LogP contribution in [0.2, 0.25) is 0 Å². The fraction of sp³-hybridized carbons (Fsp3) is 0.444. The summed E-state index contributed by atoms with van der Waals surface area (Å²) in [6.07, 6.45) is 4.67. The predicted molar refractivity (Wildman–Crippen MR) is 52.9 cm³/mol. The van der Waals surface area contributed by atoms with Crippen molar-refractivity contribution >= 4 is 17.5 Å². The zero-order chi connectivity index (χ0) is 9.68. The molecule has 1 N–H and O–H groups in total. The van der Waals surface area contributed by atoms with E-state index in [1.807, 2.05) is 18.5 Å². The standard InChI is InChI=1S/C9H13ClN2O/c1-12(9(13)6-10)5-3-8-2-4-11-7-8/h2,4,7,11H,3,5-6H2,1H3. The summed E-state index contributed by atoms with van der Waals surface area (Å²) in [4.78, 5) is 15.7. The molecule has 72 valence electrons. The number of carbonyl (C=O) groups is 1. The molecule has 0 saturated carbocycles. The highest BCUT2D eigenvalue weighted by molar-refractivity contribution is 6.27. The molecule has 4 heteroatoms. The molecule has 0 aliphatic rings. The van der Waals surface area contributed by atoms with Crippen LogP contribution in [0.5, 0.6) is 0 Å². The Bertz CT molecular complexity index is 259. The van der Waals surface area contributed by atoms with Crippen LogP contribution in [0.1, 0.15) is 5.56 Å². The summed E-state index contributed by atoms with van der Waals surface area (Å²) in [7, 11) is 1.76. The van der Waals surface area contributed by atoms with Crippen LogP contribution in [-0.4, -0.2) is 35.3 Å². The number of carbonyl (C=O) groups excluding carboxylic acids is 1. The molecule has 0 aliphatic heterocycles. The van der Waals surface area contributed by atoms with E-state index < -0.39 is 0 Å². The van der Waals surface area contributed by atoms with E-state index in [9.17, 15) is 4.79 Å². The van der Waals surface area contributed by atoms with Crippen molar-refractivity contribution in [2.45, 2.75) is 6.42 Å². The molecule has 0 spiro atoms. The fourth-order valence-electron chi connectivity index (χ4n) is 1.04. The van der Waals surface area contributed by atoms with Crippen molar-refractivity contribution in [1.29, 1.82) is 0 Å². The van der Waals surface area contributed by atoms with E-state index in [0.717, 1.165) is 6.42 Å². The van der Waals surface area contributed by atoms with Crippen molar-refractivity contribution in [1.82, 2.24) is 9.88 Å². The van der Waals surface area contributed by atoms with Crippen LogP contribution in [0.4, 0.5) is 0 Å². The molecule has 1 aromatic rings. The molecule has 1 aromatic heterocycles. The van der Waals surface area contributed by atoms with Crippen LogP contribution < -0.4 is 0 Å². The summed E-state index contributed by atoms with van der Waals surface area (Å²) in [5.41, 5.74) is 1.20. The number of H-pyrrole nitrogens is 1. The van der Waals surface area contributed by atoms with Crippen molar-refractivity contribution < 1.29 is 4.79 Å². The topological polar surface area (TPSA) is 36.1 Å². The van der Waals surface area contributed by atoms with E-state index in [-0.39, 0.29) is 11.8 Å². The fourth-order valence-corrected chi connectivity index (χ4v) is 1.24. The van der Waals surface area contributed by atoms with Gasteiger partial charge in [-0.15, -0.1) is 11.6 Å². The quantitative estimate of drug-likeness (QED) is 0.730. The lowest BCUT2D eigenvalue weighted by Gasteiger charge is -2.14. The van der Waals surface area contributed by atoms with Crippen LogP contribution in [0.15, 0.2) is 18.5 Å². The molecule has 1 heterocycles. The van der Waals surface area contributed by atoms with E-state index in [1.165, 1.54) is 5.56 Å². The lowest BCUT2D eigenvalue weighted by molar-refractivity contribution is -0.127. The maximum absolute atomic E-state index is 11.1. The van der Waals surface area contributed by atoms with Gasteiger partial charge in [-0.25, -0.2) is 0 Å². The second-order valence-electron chi connectivity index (χ2n) is 2.92. The molecule has 0 aliphatic carbocycles. The molecule has 1 amide bonds. The number of halogens is 1. The van der Waals surface area contributed by atoms with Crippen molar-refractivity contribution in [3.63, 3.8) is 0 Å². The highest BCUT2D eigenvalue weighted by atomic mass is 35.5. The minimum atomic E-state index is -0.0304. The second-order valence-corrected chi connectivity index (χ2v) is 3.19. The third-order valence-corrected chi connectivity index (χ3v) is 2.17. The van der Waals surface area contributed by atoms with Crippen LogP contribution in [-0.2, 0) is 11.2 Å². The third kappa shape index (κ3) is 3.11. The number of aromatic amines is 1. The molecule has 3 nitrogen and oxygen atoms in total. The second kappa shape index (κ2) is 4.92. The van der Waals surface area contributed by atoms with Crippen LogP contribution in [0.3, 0.4) is 0 Å². The first-order chi connectivity index (χ1) is 6.24. The maximum atomic E-state index is 11.1. The normalized spacial score (nSPS) is 10.0. The number of alkyl halides is 1. The van der Waals surface area contributed by atoms with Gasteiger partial charge in [0, 0.05) is 26.0 Å². The van der Waals surface area contributed by atoms with Gasteiger partial charge in [0.2, 0.25) is 5.91 Å². The van der Waals surface area contributed by atoms with Crippen molar-refractivity contribution in [2.24, 2.45) is 0 Å². The summed E-state index contributed by atoms with van der Waals surface area (Å²) in [6, 6.07) is 2.00. The predicted octanol–water partition coefficient (Wildman–Crippen LogP) is 1.25. The highest BCUT2D eigenvalue weighted by Crippen LogP contribution is 1.99. The molecule has 0 atom stereocenters. The van der Waals surface area contributed by atoms with E-state index in [2.05, 4.69) is 4.98 Å². The van der Waals surface area contributed by atoms with E-state index >= 15 is 0 Å². The van der Waals surface area contributed by atoms with Crippen LogP contribution in [0, 0.1) is 0 Å². The minimum Gasteiger partial charge on any atom is -0.367 e. The SMILES string of the molecule is CN(CCc1cc[nH]c1)C(=O)CCl. The average Bonchev–Trinajstić information content (AvgIpc) is 2.65. The molecule has 1 rings (SSSR count). The molecule has 0 unspecified atom stereocenters. The van der Waals surface area contributed by atoms with E-state index in [0.29, 0.717) is 6.54 Å². The Labute approximate surface area is 82.7 Å². The first kappa shape index (κ1) is 10.1. The zero-order valence-corrected chi connectivity index (χ0v) is 8.34. The number of hydrogen-bond acceptors (Lipinski definition) is 1. The Morgan fingerprint density at radius 2 is 2.46 bits per heavy atom. The van der Waals surface area contributed by atoms with Gasteiger partial charge in [0.25, 0.3) is 0 Å². The Balaban J connectivity index is 2.30. The Kier molecular flexibility index (Phi) is 3.83. The Hall–Kier alpha value is -0.960. The summed E-state index contributed by atoms with van der Waals surface area (Å²) in [6.45, 7) is 0.712. The van der Waals surface area contributed by atoms with Gasteiger partial charge in [0.15, 0.2) is 0 Å². The Morgan fingerprint density at radius 1 is 1.69 bits per heavy atom. The molecule has 13 heavy (non-hydrogen) atoms. The number of amides is 1. The summed E-state index contributed by atoms with van der Waals surface area (Å²) < 4.78 is 0. The summed E-state index contributed by atoms with van der Waals surface area (Å²) >= 11 is 5.41. The van der Waals surface area contributed by atoms with Gasteiger partial charge in [-0.3, -0.25) is 4.79 Å². The van der Waals surface area contributed by atoms with Gasteiger partial charge in [-0.1, -0.05) is 0 Å². The number of likely N-dealkylation sites (N-methyl/N-ethyl adjacent to an activating group) is 1. The third-order valence-electron chi connectivity index (χ3n) is 1.94. The van der Waals surface area contributed by atoms with Gasteiger partial charge < -0.3 is 9.88 Å². The number of aromatic nitrogens is 1. The number of rotatable bonds is 4. The molecule has 0 aromatic carbocycles. The summed E-state index contributed by atoms with van der Waals surface area (Å²) in [5, 5.41) is 0. The van der Waals surface area contributed by atoms with Crippen LogP contribution in [0.25, 0.3) is 0 Å². The van der Waals surface area contributed by atoms with Gasteiger partial charge in [0.05, 0.1) is 0 Å². The van der Waals surface area contributed by atoms with Gasteiger partial charge >= 0.3 is 0 Å². The average molecular weight is 201 g/mol. The molecule has 0 saturated heterocycles. The highest BCUT2D eigenvalue weighted by Gasteiger charge is 2.05. The number of nitrogens with zero attached hydrogens (tertiary/aromatic N) is 1. The lowest BCUT2D eigenvalue weighted by atomic mass is 10.2. The maximum Gasteiger partial charge on any atom is 0.237 e. The monoisotopic (exact) mass is 200 g/mol. The first-order valence-electron chi connectivity index (χ1n) is 4.15. The van der Waals surface area contributed by atoms with E-state index in [1.54, 1.807) is 11.9 Å². The van der Waals surface area contributed by atoms with Gasteiger partial charge in [-0.2, -0.15) is 0 Å². The van der Waals surface area contributed by atoms with Gasteiger partial charge in [0.1, 0.15) is 5.88 Å². The van der Waals surface area contributed by atoms with Crippen molar-refractivity contribution in [2.75, 3.05) is 19.5 Å². The minimum absolute atomic E-state index is 0.0304. The number of nitrogens with one attached hydrogen (secondary N) is 1. The summed E-state index contributed by atoms with van der Waals surface area (Å²) in [5.74, 6) is 0.0288. The molecule has 0 radical (unpaired) electrons. The zero-order valence-electron chi connectivity index (χ0n) is 7.59. The molecular weight excluding hydrogens is 188 g/mol. The number of hydrogen-bond donors (Lipinski definition) is 1. The van der Waals surface area contributed by atoms with Crippen molar-refractivity contribution in [3.8, 4) is 0 Å². The largest absolute Gasteiger partial charge is 0.367 e. The van der Waals surface area contributed by atoms with Crippen LogP contribution >= 0.6 is 11.6 Å². The molecule has 0 fully saturated rings. The lowest BCUT2D eigenvalue weighted by Crippen LogP contribution is -2.29. The molecule has 0 bridgehead atoms. The molecular formula is C9H13ClN2O. The smallest absolute Gasteiger partial charge is 0.237 e. The van der Waals surface area contributed by atoms with Gasteiger partial charge in [-0.05, 0) is 18.1 Å². The first-order valence-corrected chi connectivity index (χ1v) is 4.69. The van der Waals surface area contributed by atoms with Crippen molar-refractivity contribution in [3.05, 3.63) is 24.0 Å².